The van der Waals surface area contributed by atoms with Gasteiger partial charge in [-0.2, -0.15) is 0 Å². The molecule has 45 heavy (non-hydrogen) atoms. The van der Waals surface area contributed by atoms with Crippen LogP contribution < -0.4 is 27.4 Å². The minimum absolute atomic E-state index is 0.00593. The smallest absolute Gasteiger partial charge is 0.404 e. The number of nitrogens with two attached hydrogens (primary N) is 2. The number of ether oxygens (including phenoxy) is 1. The molecule has 0 aromatic rings. The van der Waals surface area contributed by atoms with Crippen molar-refractivity contribution in [3.8, 4) is 0 Å². The van der Waals surface area contributed by atoms with E-state index in [0.717, 1.165) is 89.9 Å². The van der Waals surface area contributed by atoms with Crippen molar-refractivity contribution in [1.29, 1.82) is 0 Å². The van der Waals surface area contributed by atoms with Gasteiger partial charge in [0.05, 0.1) is 18.1 Å². The summed E-state index contributed by atoms with van der Waals surface area (Å²) >= 11 is 0. The van der Waals surface area contributed by atoms with Gasteiger partial charge in [0.15, 0.2) is 0 Å². The highest BCUT2D eigenvalue weighted by Crippen LogP contribution is 2.42. The minimum atomic E-state index is -1.32. The van der Waals surface area contributed by atoms with Crippen molar-refractivity contribution in [3.05, 3.63) is 0 Å². The van der Waals surface area contributed by atoms with Gasteiger partial charge in [-0.3, -0.25) is 19.3 Å². The van der Waals surface area contributed by atoms with Crippen molar-refractivity contribution < 1.29 is 33.8 Å². The number of aliphatic hydroxyl groups is 1. The van der Waals surface area contributed by atoms with Crippen LogP contribution in [0.15, 0.2) is 0 Å². The number of amides is 5. The highest BCUT2D eigenvalue weighted by molar-refractivity contribution is 6.37. The van der Waals surface area contributed by atoms with E-state index in [2.05, 4.69) is 29.8 Å². The molecule has 13 nitrogen and oxygen atoms in total. The van der Waals surface area contributed by atoms with E-state index in [4.69, 9.17) is 16.2 Å². The Balaban J connectivity index is 1.58. The van der Waals surface area contributed by atoms with E-state index in [0.29, 0.717) is 6.42 Å². The van der Waals surface area contributed by atoms with Gasteiger partial charge in [0.2, 0.25) is 11.7 Å². The summed E-state index contributed by atoms with van der Waals surface area (Å²) in [5.41, 5.74) is 9.86. The number of nitrogens with zero attached hydrogens (tertiary/aromatic N) is 1. The topological polar surface area (TPSA) is 206 Å². The standard InChI is InChI=1S/C32H54N6O7/c1-3-32(15-8-5-9-16-32)37-30(44)36-25(31(2)13-6-4-7-14-31)28(42)38-19-21(45-29(34)43)18-23(38)27(41)35-22(24(39)26(33)40)17-20-11-10-12-20/h20-23,25,28,42H,3-19H2,1-2H3,(H2,33,40)(H2,34,43)(H,35,41)(H2,36,37,44)/t21-,22?,23+,25-,28?/m1/s1. The van der Waals surface area contributed by atoms with Gasteiger partial charge in [0, 0.05) is 18.5 Å². The van der Waals surface area contributed by atoms with Gasteiger partial charge in [-0.05, 0) is 49.9 Å². The molecule has 8 N–H and O–H groups in total. The van der Waals surface area contributed by atoms with Crippen LogP contribution in [0.2, 0.25) is 0 Å². The predicted molar refractivity (Wildman–Crippen MR) is 166 cm³/mol. The first kappa shape index (κ1) is 34.9. The monoisotopic (exact) mass is 634 g/mol. The van der Waals surface area contributed by atoms with E-state index >= 15 is 0 Å². The van der Waals surface area contributed by atoms with Crippen LogP contribution in [0.1, 0.15) is 117 Å². The van der Waals surface area contributed by atoms with Crippen LogP contribution in [0.4, 0.5) is 9.59 Å². The fourth-order valence-electron chi connectivity index (χ4n) is 8.04. The molecule has 4 fully saturated rings. The molecule has 1 saturated heterocycles. The number of rotatable bonds is 13. The van der Waals surface area contributed by atoms with Crippen molar-refractivity contribution in [3.63, 3.8) is 0 Å². The molecule has 254 valence electrons. The van der Waals surface area contributed by atoms with Crippen molar-refractivity contribution in [2.45, 2.75) is 153 Å². The summed E-state index contributed by atoms with van der Waals surface area (Å²) in [6.07, 6.45) is 10.3. The molecule has 5 amide bonds. The van der Waals surface area contributed by atoms with Gasteiger partial charge in [0.25, 0.3) is 5.91 Å². The summed E-state index contributed by atoms with van der Waals surface area (Å²) < 4.78 is 5.28. The molecule has 0 spiro atoms. The van der Waals surface area contributed by atoms with Crippen molar-refractivity contribution in [2.24, 2.45) is 22.8 Å². The van der Waals surface area contributed by atoms with Crippen LogP contribution in [-0.2, 0) is 19.1 Å². The molecule has 5 atom stereocenters. The van der Waals surface area contributed by atoms with Crippen LogP contribution in [0.25, 0.3) is 0 Å². The predicted octanol–water partition coefficient (Wildman–Crippen LogP) is 2.32. The summed E-state index contributed by atoms with van der Waals surface area (Å²) in [4.78, 5) is 65.2. The molecule has 0 bridgehead atoms. The highest BCUT2D eigenvalue weighted by Gasteiger charge is 2.50. The Hall–Kier alpha value is -2.93. The average molecular weight is 635 g/mol. The molecular weight excluding hydrogens is 580 g/mol. The van der Waals surface area contributed by atoms with E-state index < -0.39 is 59.6 Å². The first-order valence-corrected chi connectivity index (χ1v) is 17.0. The summed E-state index contributed by atoms with van der Waals surface area (Å²) in [5, 5.41) is 21.2. The van der Waals surface area contributed by atoms with Crippen LogP contribution in [0, 0.1) is 11.3 Å². The normalized spacial score (nSPS) is 26.8. The fraction of sp³-hybridized carbons (Fsp3) is 0.844. The number of carbonyl (C=O) groups excluding carboxylic acids is 5. The number of hydrogen-bond donors (Lipinski definition) is 6. The summed E-state index contributed by atoms with van der Waals surface area (Å²) in [5.74, 6) is -2.39. The van der Waals surface area contributed by atoms with Gasteiger partial charge in [-0.15, -0.1) is 0 Å². The lowest BCUT2D eigenvalue weighted by Gasteiger charge is -2.47. The van der Waals surface area contributed by atoms with Crippen LogP contribution >= 0.6 is 0 Å². The van der Waals surface area contributed by atoms with Gasteiger partial charge in [0.1, 0.15) is 12.3 Å². The molecule has 0 aromatic carbocycles. The second-order valence-corrected chi connectivity index (χ2v) is 14.2. The number of Topliss-reactive ketones (excluding diaryl/α,β-unsaturated/α-hetero) is 1. The molecule has 13 heteroatoms. The Morgan fingerprint density at radius 3 is 2.09 bits per heavy atom. The lowest BCUT2D eigenvalue weighted by molar-refractivity contribution is -0.140. The lowest BCUT2D eigenvalue weighted by Crippen LogP contribution is -2.65. The maximum Gasteiger partial charge on any atom is 0.404 e. The largest absolute Gasteiger partial charge is 0.445 e. The minimum Gasteiger partial charge on any atom is -0.445 e. The Bertz CT molecular complexity index is 1090. The number of hydrogen-bond acceptors (Lipinski definition) is 8. The Kier molecular flexibility index (Phi) is 11.7. The fourth-order valence-corrected chi connectivity index (χ4v) is 8.04. The number of primary amides is 2. The van der Waals surface area contributed by atoms with Crippen LogP contribution in [0.3, 0.4) is 0 Å². The Labute approximate surface area is 266 Å². The van der Waals surface area contributed by atoms with Crippen molar-refractivity contribution >= 4 is 29.7 Å². The zero-order valence-corrected chi connectivity index (χ0v) is 27.0. The zero-order valence-electron chi connectivity index (χ0n) is 27.0. The first-order chi connectivity index (χ1) is 21.4. The van der Waals surface area contributed by atoms with Crippen molar-refractivity contribution in [2.75, 3.05) is 6.54 Å². The molecule has 2 unspecified atom stereocenters. The third-order valence-corrected chi connectivity index (χ3v) is 11.1. The van der Waals surface area contributed by atoms with Gasteiger partial charge in [-0.1, -0.05) is 71.6 Å². The maximum atomic E-state index is 13.8. The molecule has 4 rings (SSSR count). The zero-order chi connectivity index (χ0) is 32.8. The van der Waals surface area contributed by atoms with Gasteiger partial charge in [-0.25, -0.2) is 9.59 Å². The summed E-state index contributed by atoms with van der Waals surface area (Å²) in [7, 11) is 0. The second kappa shape index (κ2) is 15.1. The third kappa shape index (κ3) is 8.66. The van der Waals surface area contributed by atoms with Crippen LogP contribution in [0.5, 0.6) is 0 Å². The van der Waals surface area contributed by atoms with Gasteiger partial charge < -0.3 is 37.3 Å². The van der Waals surface area contributed by atoms with E-state index in [1.165, 1.54) is 4.90 Å². The van der Waals surface area contributed by atoms with E-state index in [1.54, 1.807) is 0 Å². The quantitative estimate of drug-likeness (QED) is 0.165. The molecule has 0 radical (unpaired) electrons. The van der Waals surface area contributed by atoms with E-state index in [1.807, 2.05) is 0 Å². The summed E-state index contributed by atoms with van der Waals surface area (Å²) in [6, 6.07) is -3.22. The van der Waals surface area contributed by atoms with E-state index in [9.17, 15) is 29.1 Å². The molecule has 4 aliphatic rings. The molecule has 0 aromatic heterocycles. The highest BCUT2D eigenvalue weighted by atomic mass is 16.6. The van der Waals surface area contributed by atoms with Crippen molar-refractivity contribution in [1.82, 2.24) is 20.9 Å². The molecule has 3 saturated carbocycles. The number of carbonyl (C=O) groups is 5. The first-order valence-electron chi connectivity index (χ1n) is 17.0. The third-order valence-electron chi connectivity index (χ3n) is 11.1. The molecule has 1 heterocycles. The lowest BCUT2D eigenvalue weighted by atomic mass is 9.69. The number of aliphatic hydroxyl groups excluding tert-OH is 1. The number of urea groups is 1. The summed E-state index contributed by atoms with van der Waals surface area (Å²) in [6.45, 7) is 4.13. The Morgan fingerprint density at radius 2 is 1.56 bits per heavy atom. The molecular formula is C32H54N6O7. The Morgan fingerprint density at radius 1 is 0.933 bits per heavy atom. The number of ketones is 1. The molecule has 1 aliphatic heterocycles. The number of nitrogens with one attached hydrogen (secondary N) is 3. The second-order valence-electron chi connectivity index (χ2n) is 14.2. The average Bonchev–Trinajstić information content (AvgIpc) is 3.40. The van der Waals surface area contributed by atoms with E-state index in [-0.39, 0.29) is 30.5 Å². The van der Waals surface area contributed by atoms with Gasteiger partial charge >= 0.3 is 12.1 Å². The SMILES string of the molecule is CCC1(NC(=O)N[C@H](C(O)N2C[C@H](OC(N)=O)C[C@H]2C(=O)NC(CC2CCC2)C(=O)C(N)=O)C2(C)CCCCC2)CCCCC1. The number of likely N-dealkylation sites (tertiary alicyclic amines) is 1. The maximum absolute atomic E-state index is 13.8. The molecule has 3 aliphatic carbocycles. The van der Waals surface area contributed by atoms with Crippen LogP contribution in [-0.4, -0.2) is 82.3 Å².